The number of ether oxygens (including phenoxy) is 1. The van der Waals surface area contributed by atoms with Gasteiger partial charge in [0.15, 0.2) is 6.61 Å². The summed E-state index contributed by atoms with van der Waals surface area (Å²) < 4.78 is 5.71. The van der Waals surface area contributed by atoms with Gasteiger partial charge >= 0.3 is 11.9 Å². The van der Waals surface area contributed by atoms with Gasteiger partial charge in [-0.1, -0.05) is 60.7 Å². The quantitative estimate of drug-likeness (QED) is 0.0989. The summed E-state index contributed by atoms with van der Waals surface area (Å²) in [4.78, 5) is 59.2. The van der Waals surface area contributed by atoms with Crippen LogP contribution in [0, 0.1) is 5.41 Å². The maximum absolute atomic E-state index is 13.2. The highest BCUT2D eigenvalue weighted by Crippen LogP contribution is 2.34. The molecule has 1 aliphatic rings. The van der Waals surface area contributed by atoms with Crippen LogP contribution in [-0.2, 0) is 43.5 Å². The van der Waals surface area contributed by atoms with Gasteiger partial charge in [-0.05, 0) is 41.7 Å². The maximum Gasteiger partial charge on any atom is 0.326 e. The molecule has 0 saturated carbocycles. The summed E-state index contributed by atoms with van der Waals surface area (Å²) in [5.74, 6) is -3.60. The van der Waals surface area contributed by atoms with Crippen molar-refractivity contribution in [2.75, 3.05) is 11.5 Å². The fourth-order valence-corrected chi connectivity index (χ4v) is 4.65. The highest BCUT2D eigenvalue weighted by atomic mass is 16.5. The van der Waals surface area contributed by atoms with Gasteiger partial charge in [0.1, 0.15) is 17.6 Å². The van der Waals surface area contributed by atoms with Gasteiger partial charge in [0.2, 0.25) is 5.91 Å². The Morgan fingerprint density at radius 1 is 0.936 bits per heavy atom. The fraction of sp³-hybridized carbons (Fsp3) is 0.273. The topological polar surface area (TPSA) is 232 Å². The number of amidine groups is 1. The van der Waals surface area contributed by atoms with Crippen molar-refractivity contribution >= 4 is 41.2 Å². The zero-order valence-electron chi connectivity index (χ0n) is 25.6. The Labute approximate surface area is 270 Å². The van der Waals surface area contributed by atoms with E-state index in [4.69, 9.17) is 30.9 Å². The summed E-state index contributed by atoms with van der Waals surface area (Å²) in [5, 5.41) is 39.1. The number of rotatable bonds is 14. The van der Waals surface area contributed by atoms with Crippen LogP contribution in [0.25, 0.3) is 0 Å². The van der Waals surface area contributed by atoms with Gasteiger partial charge in [-0.2, -0.15) is 0 Å². The molecule has 14 heteroatoms. The number of carbonyl (C=O) groups is 5. The van der Waals surface area contributed by atoms with Crippen molar-refractivity contribution in [1.29, 1.82) is 5.41 Å². The second-order valence-electron chi connectivity index (χ2n) is 10.7. The molecule has 3 aromatic rings. The average molecular weight is 648 g/mol. The number of hydrogen-bond acceptors (Lipinski definition) is 8. The third-order valence-corrected chi connectivity index (χ3v) is 6.99. The molecular formula is C33H37N5O9. The summed E-state index contributed by atoms with van der Waals surface area (Å²) in [6.45, 7) is 1.48. The van der Waals surface area contributed by atoms with E-state index >= 15 is 0 Å². The molecule has 3 aromatic carbocycles. The van der Waals surface area contributed by atoms with Crippen molar-refractivity contribution in [2.45, 2.75) is 51.4 Å². The van der Waals surface area contributed by atoms with Crippen molar-refractivity contribution in [3.63, 3.8) is 0 Å². The van der Waals surface area contributed by atoms with E-state index in [1.807, 2.05) is 48.5 Å². The Hall–Kier alpha value is -5.76. The van der Waals surface area contributed by atoms with E-state index in [1.165, 1.54) is 0 Å². The Bertz CT molecular complexity index is 1590. The molecule has 8 N–H and O–H groups in total. The lowest BCUT2D eigenvalue weighted by Gasteiger charge is -2.30. The number of hydrogen-bond donors (Lipinski definition) is 7. The first kappa shape index (κ1) is 35.7. The van der Waals surface area contributed by atoms with Crippen LogP contribution in [0.1, 0.15) is 42.0 Å². The number of carboxylic acids is 3. The number of amides is 2. The summed E-state index contributed by atoms with van der Waals surface area (Å²) in [5.41, 5.74) is 9.20. The number of nitrogen functional groups attached to an aromatic ring is 1. The zero-order valence-corrected chi connectivity index (χ0v) is 25.6. The van der Waals surface area contributed by atoms with Crippen LogP contribution in [0.15, 0.2) is 72.8 Å². The van der Waals surface area contributed by atoms with Crippen LogP contribution < -0.4 is 26.0 Å². The van der Waals surface area contributed by atoms with E-state index < -0.39 is 42.3 Å². The van der Waals surface area contributed by atoms with E-state index in [0.29, 0.717) is 23.5 Å². The lowest BCUT2D eigenvalue weighted by molar-refractivity contribution is -0.143. The summed E-state index contributed by atoms with van der Waals surface area (Å²) >= 11 is 0. The molecule has 47 heavy (non-hydrogen) atoms. The predicted octanol–water partition coefficient (Wildman–Crippen LogP) is 2.12. The van der Waals surface area contributed by atoms with E-state index in [2.05, 4.69) is 10.6 Å². The number of benzene rings is 3. The van der Waals surface area contributed by atoms with Crippen molar-refractivity contribution in [3.8, 4) is 5.75 Å². The standard InChI is InChI=1S/C31H33N5O7.C2H4O2/c32-29(33)22-9-6-20(7-10-22)17-36-25-12-8-21(15-26(25)43-18-27(36)37)16-34-24(14-19-4-2-1-3-5-19)30(40)35-23(31(41)42)11-13-28(38)39;1-2(3)4/h1-10,12,15,23-24,34H,11,13-14,16-18H2,(H3,32,33)(H,35,40)(H,38,39)(H,41,42);1H3,(H,3,4)/t23-,24-;/m0./s1. The Balaban J connectivity index is 0.00000142. The second kappa shape index (κ2) is 17.1. The number of anilines is 1. The minimum Gasteiger partial charge on any atom is -0.482 e. The summed E-state index contributed by atoms with van der Waals surface area (Å²) in [7, 11) is 0. The minimum atomic E-state index is -1.34. The van der Waals surface area contributed by atoms with Crippen LogP contribution in [0.2, 0.25) is 0 Å². The third kappa shape index (κ3) is 11.3. The lowest BCUT2D eigenvalue weighted by atomic mass is 10.0. The first-order valence-electron chi connectivity index (χ1n) is 14.5. The maximum atomic E-state index is 13.2. The number of carboxylic acid groups (broad SMARTS) is 3. The number of nitrogens with one attached hydrogen (secondary N) is 3. The summed E-state index contributed by atoms with van der Waals surface area (Å²) in [6.07, 6.45) is -0.372. The number of fused-ring (bicyclic) bond motifs is 1. The molecule has 248 valence electrons. The molecule has 0 unspecified atom stereocenters. The third-order valence-electron chi connectivity index (χ3n) is 6.99. The number of carbonyl (C=O) groups excluding carboxylic acids is 2. The normalized spacial score (nSPS) is 13.1. The van der Waals surface area contributed by atoms with Crippen LogP contribution in [0.4, 0.5) is 5.69 Å². The molecule has 4 rings (SSSR count). The molecule has 14 nitrogen and oxygen atoms in total. The molecule has 1 aliphatic heterocycles. The van der Waals surface area contributed by atoms with Crippen molar-refractivity contribution < 1.29 is 44.0 Å². The van der Waals surface area contributed by atoms with E-state index in [9.17, 15) is 24.3 Å². The van der Waals surface area contributed by atoms with Crippen molar-refractivity contribution in [1.82, 2.24) is 10.6 Å². The van der Waals surface area contributed by atoms with E-state index in [0.717, 1.165) is 23.6 Å². The molecule has 1 heterocycles. The van der Waals surface area contributed by atoms with Crippen molar-refractivity contribution in [2.24, 2.45) is 5.73 Å². The van der Waals surface area contributed by atoms with Gasteiger partial charge in [0, 0.05) is 25.5 Å². The van der Waals surface area contributed by atoms with Gasteiger partial charge < -0.3 is 41.3 Å². The highest BCUT2D eigenvalue weighted by molar-refractivity contribution is 5.98. The van der Waals surface area contributed by atoms with Gasteiger partial charge in [0.05, 0.1) is 18.3 Å². The molecular weight excluding hydrogens is 610 g/mol. The lowest BCUT2D eigenvalue weighted by Crippen LogP contribution is -2.51. The van der Waals surface area contributed by atoms with Gasteiger partial charge in [-0.15, -0.1) is 0 Å². The van der Waals surface area contributed by atoms with Crippen LogP contribution in [-0.4, -0.2) is 69.6 Å². The molecule has 0 bridgehead atoms. The van der Waals surface area contributed by atoms with E-state index in [-0.39, 0.29) is 37.7 Å². The Morgan fingerprint density at radius 3 is 2.17 bits per heavy atom. The van der Waals surface area contributed by atoms with Crippen LogP contribution >= 0.6 is 0 Å². The van der Waals surface area contributed by atoms with Gasteiger partial charge in [0.25, 0.3) is 11.9 Å². The molecule has 0 radical (unpaired) electrons. The number of nitrogens with two attached hydrogens (primary N) is 1. The molecule has 0 aromatic heterocycles. The van der Waals surface area contributed by atoms with Gasteiger partial charge in [-0.25, -0.2) is 4.79 Å². The minimum absolute atomic E-state index is 0.0381. The Morgan fingerprint density at radius 2 is 1.57 bits per heavy atom. The molecule has 0 spiro atoms. The van der Waals surface area contributed by atoms with Crippen LogP contribution in [0.5, 0.6) is 5.75 Å². The smallest absolute Gasteiger partial charge is 0.326 e. The van der Waals surface area contributed by atoms with Gasteiger partial charge in [-0.3, -0.25) is 24.6 Å². The molecule has 0 saturated heterocycles. The van der Waals surface area contributed by atoms with Crippen LogP contribution in [0.3, 0.4) is 0 Å². The number of nitrogens with zero attached hydrogens (tertiary/aromatic N) is 1. The fourth-order valence-electron chi connectivity index (χ4n) is 4.65. The molecule has 2 atom stereocenters. The summed E-state index contributed by atoms with van der Waals surface area (Å²) in [6, 6.07) is 19.5. The van der Waals surface area contributed by atoms with Crippen molar-refractivity contribution in [3.05, 3.63) is 95.1 Å². The average Bonchev–Trinajstić information content (AvgIpc) is 3.02. The molecule has 2 amide bonds. The largest absolute Gasteiger partial charge is 0.482 e. The highest BCUT2D eigenvalue weighted by Gasteiger charge is 2.28. The predicted molar refractivity (Wildman–Crippen MR) is 171 cm³/mol. The second-order valence-corrected chi connectivity index (χ2v) is 10.7. The monoisotopic (exact) mass is 647 g/mol. The molecule has 0 aliphatic carbocycles. The first-order chi connectivity index (χ1) is 22.3. The number of aliphatic carboxylic acids is 3. The van der Waals surface area contributed by atoms with E-state index in [1.54, 1.807) is 29.2 Å². The first-order valence-corrected chi connectivity index (χ1v) is 14.5. The molecule has 0 fully saturated rings. The SMILES string of the molecule is CC(=O)O.N=C(N)c1ccc(CN2C(=O)COc3cc(CN[C@@H](Cc4ccccc4)C(=O)N[C@@H](CCC(=O)O)C(=O)O)ccc32)cc1. The zero-order chi connectivity index (χ0) is 34.5. The Kier molecular flexibility index (Phi) is 13.0.